The summed E-state index contributed by atoms with van der Waals surface area (Å²) in [6.07, 6.45) is 5.66. The normalized spacial score (nSPS) is 13.1. The second-order valence-electron chi connectivity index (χ2n) is 15.5. The van der Waals surface area contributed by atoms with E-state index in [9.17, 15) is 0 Å². The SMILES string of the molecule is Cc1cc(C(C)(C)C)cc(C)c1N1[CH-]N(c2[c-]c(Oc3[c-]c4c(cc3)c3ccccc3n4-c3cc(C(C)(C)C)ccn3)ccc2)c2ccncc21.[Pt]. The fraction of sp³-hybridized carbons (Fsp3) is 0.222. The Bertz CT molecular complexity index is 2430. The standard InChI is InChI=1S/C45H42N5O.Pt/c1-29-22-32(45(6,7)8)23-30(2)43(29)49-28-48(39-19-20-46-27-41(39)49)33-12-11-13-34(25-33)51-35-16-17-37-36-14-9-10-15-38(36)50(40(37)26-35)42-24-31(18-21-47-42)44(3,4)5;/h9-24,27-28H,1-8H3;/q-3;. The van der Waals surface area contributed by atoms with Crippen LogP contribution >= 0.6 is 0 Å². The molecular weight excluding hydrogens is 822 g/mol. The Hall–Kier alpha value is -4.93. The van der Waals surface area contributed by atoms with Gasteiger partial charge in [-0.2, -0.15) is 12.1 Å². The molecule has 7 heteroatoms. The topological polar surface area (TPSA) is 46.4 Å². The zero-order valence-corrected chi connectivity index (χ0v) is 33.1. The summed E-state index contributed by atoms with van der Waals surface area (Å²) in [7, 11) is 0. The zero-order chi connectivity index (χ0) is 35.7. The fourth-order valence-corrected chi connectivity index (χ4v) is 7.08. The minimum atomic E-state index is -0.00927. The first-order chi connectivity index (χ1) is 24.4. The van der Waals surface area contributed by atoms with E-state index in [1.54, 1.807) is 0 Å². The van der Waals surface area contributed by atoms with Crippen molar-refractivity contribution in [2.24, 2.45) is 0 Å². The molecule has 0 saturated heterocycles. The molecule has 0 amide bonds. The van der Waals surface area contributed by atoms with E-state index < -0.39 is 0 Å². The smallest absolute Gasteiger partial charge is 0.135 e. The molecule has 3 aromatic heterocycles. The number of pyridine rings is 2. The third-order valence-corrected chi connectivity index (χ3v) is 9.76. The van der Waals surface area contributed by atoms with Crippen molar-refractivity contribution >= 4 is 44.6 Å². The molecule has 0 radical (unpaired) electrons. The molecule has 0 unspecified atom stereocenters. The van der Waals surface area contributed by atoms with Crippen LogP contribution in [-0.4, -0.2) is 14.5 Å². The third-order valence-electron chi connectivity index (χ3n) is 9.76. The Morgan fingerprint density at radius 2 is 1.40 bits per heavy atom. The fourth-order valence-electron chi connectivity index (χ4n) is 7.08. The number of nitrogens with zero attached hydrogens (tertiary/aromatic N) is 5. The van der Waals surface area contributed by atoms with E-state index in [1.807, 2.05) is 42.9 Å². The molecule has 1 aliphatic rings. The van der Waals surface area contributed by atoms with Crippen LogP contribution < -0.4 is 14.5 Å². The molecule has 0 saturated carbocycles. The maximum absolute atomic E-state index is 6.52. The predicted octanol–water partition coefficient (Wildman–Crippen LogP) is 11.6. The van der Waals surface area contributed by atoms with Crippen LogP contribution in [0.15, 0.2) is 104 Å². The zero-order valence-electron chi connectivity index (χ0n) is 30.9. The molecule has 8 rings (SSSR count). The van der Waals surface area contributed by atoms with Gasteiger partial charge >= 0.3 is 0 Å². The number of rotatable bonds is 5. The summed E-state index contributed by atoms with van der Waals surface area (Å²) in [6.45, 7) is 19.9. The van der Waals surface area contributed by atoms with Crippen molar-refractivity contribution in [2.45, 2.75) is 66.2 Å². The van der Waals surface area contributed by atoms with E-state index in [1.165, 1.54) is 22.3 Å². The van der Waals surface area contributed by atoms with Crippen LogP contribution in [0.5, 0.6) is 11.5 Å². The first-order valence-electron chi connectivity index (χ1n) is 17.5. The van der Waals surface area contributed by atoms with Gasteiger partial charge in [-0.3, -0.25) is 4.98 Å². The van der Waals surface area contributed by atoms with E-state index in [0.717, 1.165) is 50.4 Å². The van der Waals surface area contributed by atoms with Gasteiger partial charge in [0, 0.05) is 61.8 Å². The Morgan fingerprint density at radius 3 is 2.15 bits per heavy atom. The molecule has 0 N–H and O–H groups in total. The van der Waals surface area contributed by atoms with E-state index >= 15 is 0 Å². The molecule has 0 atom stereocenters. The number of aromatic nitrogens is 3. The average molecular weight is 864 g/mol. The van der Waals surface area contributed by atoms with Gasteiger partial charge in [0.2, 0.25) is 0 Å². The maximum Gasteiger partial charge on any atom is 0.135 e. The summed E-state index contributed by atoms with van der Waals surface area (Å²) in [5, 5.41) is 2.24. The van der Waals surface area contributed by atoms with Crippen molar-refractivity contribution in [3.8, 4) is 17.3 Å². The number of para-hydroxylation sites is 1. The van der Waals surface area contributed by atoms with E-state index in [4.69, 9.17) is 9.72 Å². The number of ether oxygens (including phenoxy) is 1. The average Bonchev–Trinajstić information content (AvgIpc) is 3.63. The Morgan fingerprint density at radius 1 is 0.673 bits per heavy atom. The quantitative estimate of drug-likeness (QED) is 0.161. The van der Waals surface area contributed by atoms with Crippen molar-refractivity contribution in [2.75, 3.05) is 9.80 Å². The third kappa shape index (κ3) is 6.28. The summed E-state index contributed by atoms with van der Waals surface area (Å²) in [6, 6.07) is 36.6. The van der Waals surface area contributed by atoms with E-state index in [0.29, 0.717) is 11.5 Å². The largest absolute Gasteiger partial charge is 0.509 e. The minimum absolute atomic E-state index is 0. The van der Waals surface area contributed by atoms with Gasteiger partial charge < -0.3 is 19.1 Å². The summed E-state index contributed by atoms with van der Waals surface area (Å²) in [5.74, 6) is 2.06. The number of benzene rings is 4. The van der Waals surface area contributed by atoms with Crippen LogP contribution in [0.4, 0.5) is 22.7 Å². The molecule has 0 spiro atoms. The number of hydrogen-bond donors (Lipinski definition) is 0. The molecule has 0 fully saturated rings. The molecule has 0 bridgehead atoms. The van der Waals surface area contributed by atoms with Crippen LogP contribution in [0.1, 0.15) is 63.8 Å². The molecule has 52 heavy (non-hydrogen) atoms. The van der Waals surface area contributed by atoms with Gasteiger partial charge in [0.15, 0.2) is 0 Å². The number of anilines is 4. The molecular formula is C45H42N5OPt-3. The van der Waals surface area contributed by atoms with Crippen LogP contribution in [0.3, 0.4) is 0 Å². The molecule has 0 aliphatic carbocycles. The second-order valence-corrected chi connectivity index (χ2v) is 15.5. The van der Waals surface area contributed by atoms with Gasteiger partial charge in [-0.05, 0) is 76.6 Å². The van der Waals surface area contributed by atoms with Crippen molar-refractivity contribution in [1.29, 1.82) is 0 Å². The molecule has 4 heterocycles. The van der Waals surface area contributed by atoms with E-state index in [-0.39, 0.29) is 31.9 Å². The first-order valence-corrected chi connectivity index (χ1v) is 17.5. The maximum atomic E-state index is 6.52. The number of aryl methyl sites for hydroxylation is 2. The monoisotopic (exact) mass is 863 g/mol. The molecule has 4 aromatic carbocycles. The Kier molecular flexibility index (Phi) is 9.03. The Labute approximate surface area is 321 Å². The van der Waals surface area contributed by atoms with Gasteiger partial charge in [0.05, 0.1) is 11.9 Å². The molecule has 1 aliphatic heterocycles. The minimum Gasteiger partial charge on any atom is -0.509 e. The van der Waals surface area contributed by atoms with Gasteiger partial charge in [0.1, 0.15) is 5.82 Å². The second kappa shape index (κ2) is 13.2. The first kappa shape index (κ1) is 35.5. The van der Waals surface area contributed by atoms with Crippen LogP contribution in [0, 0.1) is 32.6 Å². The van der Waals surface area contributed by atoms with Gasteiger partial charge in [-0.25, -0.2) is 4.98 Å². The van der Waals surface area contributed by atoms with Gasteiger partial charge in [-0.1, -0.05) is 77.4 Å². The van der Waals surface area contributed by atoms with Crippen molar-refractivity contribution in [1.82, 2.24) is 14.5 Å². The van der Waals surface area contributed by atoms with Crippen molar-refractivity contribution in [3.63, 3.8) is 0 Å². The molecule has 7 aromatic rings. The van der Waals surface area contributed by atoms with Crippen LogP contribution in [-0.2, 0) is 31.9 Å². The van der Waals surface area contributed by atoms with Gasteiger partial charge in [0.25, 0.3) is 0 Å². The molecule has 6 nitrogen and oxygen atoms in total. The van der Waals surface area contributed by atoms with E-state index in [2.05, 4.69) is 154 Å². The Balaban J connectivity index is 0.00000420. The predicted molar refractivity (Wildman–Crippen MR) is 209 cm³/mol. The summed E-state index contributed by atoms with van der Waals surface area (Å²) in [5.41, 5.74) is 11.1. The van der Waals surface area contributed by atoms with Crippen molar-refractivity contribution < 1.29 is 25.8 Å². The van der Waals surface area contributed by atoms with Crippen LogP contribution in [0.2, 0.25) is 0 Å². The molecule has 266 valence electrons. The summed E-state index contributed by atoms with van der Waals surface area (Å²) >= 11 is 0. The van der Waals surface area contributed by atoms with Crippen molar-refractivity contribution in [3.05, 3.63) is 145 Å². The number of hydrogen-bond acceptors (Lipinski definition) is 5. The van der Waals surface area contributed by atoms with Gasteiger partial charge in [-0.15, -0.1) is 48.1 Å². The van der Waals surface area contributed by atoms with Crippen LogP contribution in [0.25, 0.3) is 27.6 Å². The number of fused-ring (bicyclic) bond motifs is 4. The summed E-state index contributed by atoms with van der Waals surface area (Å²) in [4.78, 5) is 13.7. The summed E-state index contributed by atoms with van der Waals surface area (Å²) < 4.78 is 8.71.